The molecule has 7 heteroatoms. The molecule has 3 N–H and O–H groups in total. The van der Waals surface area contributed by atoms with Gasteiger partial charge in [0.1, 0.15) is 29.8 Å². The van der Waals surface area contributed by atoms with Crippen LogP contribution in [0.15, 0.2) is 4.99 Å². The number of fused-ring (bicyclic) bond motifs is 1. The molecule has 6 atom stereocenters. The first-order valence-electron chi connectivity index (χ1n) is 6.07. The molecule has 0 spiro atoms. The number of ether oxygens (including phenoxy) is 1. The standard InChI is InChI=1S/C11H20N2O4S/c1-4-5(14)9-8(16)7(15)6-10(17-9)18-11(12-6)13(2)3/h5-10,14-16H,4H2,1-3H3/t5-,6+,7+,8-,9?,10+/m0/s1. The molecule has 0 radical (unpaired) electrons. The van der Waals surface area contributed by atoms with E-state index in [0.717, 1.165) is 5.17 Å². The number of hydrogen-bond acceptors (Lipinski definition) is 7. The van der Waals surface area contributed by atoms with E-state index in [1.54, 1.807) is 0 Å². The number of thioether (sulfide) groups is 1. The molecule has 2 rings (SSSR count). The summed E-state index contributed by atoms with van der Waals surface area (Å²) in [5.74, 6) is 0. The van der Waals surface area contributed by atoms with Crippen molar-refractivity contribution in [1.82, 2.24) is 4.90 Å². The largest absolute Gasteiger partial charge is 0.390 e. The van der Waals surface area contributed by atoms with Gasteiger partial charge in [0.15, 0.2) is 5.17 Å². The number of rotatable bonds is 2. The molecule has 1 fully saturated rings. The molecule has 0 aliphatic carbocycles. The molecular formula is C11H20N2O4S. The predicted molar refractivity (Wildman–Crippen MR) is 69.5 cm³/mol. The predicted octanol–water partition coefficient (Wildman–Crippen LogP) is -0.763. The fraction of sp³-hybridized carbons (Fsp3) is 0.909. The van der Waals surface area contributed by atoms with Crippen molar-refractivity contribution in [1.29, 1.82) is 0 Å². The highest BCUT2D eigenvalue weighted by molar-refractivity contribution is 8.14. The molecule has 2 aliphatic rings. The Kier molecular flexibility index (Phi) is 4.18. The molecule has 1 unspecified atom stereocenters. The van der Waals surface area contributed by atoms with Gasteiger partial charge in [-0.25, -0.2) is 0 Å². The van der Waals surface area contributed by atoms with Crippen molar-refractivity contribution in [2.24, 2.45) is 4.99 Å². The van der Waals surface area contributed by atoms with E-state index < -0.39 is 30.5 Å². The van der Waals surface area contributed by atoms with Gasteiger partial charge in [-0.2, -0.15) is 0 Å². The Balaban J connectivity index is 2.14. The van der Waals surface area contributed by atoms with Crippen molar-refractivity contribution in [2.75, 3.05) is 14.1 Å². The Morgan fingerprint density at radius 1 is 1.39 bits per heavy atom. The van der Waals surface area contributed by atoms with Gasteiger partial charge < -0.3 is 25.0 Å². The molecule has 0 aromatic heterocycles. The van der Waals surface area contributed by atoms with Gasteiger partial charge in [-0.1, -0.05) is 18.7 Å². The van der Waals surface area contributed by atoms with Crippen molar-refractivity contribution in [2.45, 2.75) is 49.2 Å². The number of aliphatic hydroxyl groups excluding tert-OH is 3. The summed E-state index contributed by atoms with van der Waals surface area (Å²) < 4.78 is 5.69. The van der Waals surface area contributed by atoms with Gasteiger partial charge in [0.25, 0.3) is 0 Å². The van der Waals surface area contributed by atoms with Gasteiger partial charge >= 0.3 is 0 Å². The number of aliphatic imine (C=N–C) groups is 1. The van der Waals surface area contributed by atoms with E-state index in [1.165, 1.54) is 11.8 Å². The van der Waals surface area contributed by atoms with E-state index in [4.69, 9.17) is 4.74 Å². The summed E-state index contributed by atoms with van der Waals surface area (Å²) in [6, 6.07) is -0.470. The maximum atomic E-state index is 10.1. The van der Waals surface area contributed by atoms with Crippen molar-refractivity contribution in [3.8, 4) is 0 Å². The topological polar surface area (TPSA) is 85.5 Å². The lowest BCUT2D eigenvalue weighted by molar-refractivity contribution is -0.185. The number of aliphatic hydroxyl groups is 3. The summed E-state index contributed by atoms with van der Waals surface area (Å²) in [6.07, 6.45) is -3.17. The summed E-state index contributed by atoms with van der Waals surface area (Å²) in [4.78, 5) is 6.19. The zero-order valence-electron chi connectivity index (χ0n) is 10.7. The minimum Gasteiger partial charge on any atom is -0.390 e. The Morgan fingerprint density at radius 3 is 2.61 bits per heavy atom. The third kappa shape index (κ3) is 2.37. The molecule has 0 aromatic carbocycles. The van der Waals surface area contributed by atoms with Gasteiger partial charge in [0, 0.05) is 14.1 Å². The first kappa shape index (κ1) is 14.1. The van der Waals surface area contributed by atoms with Crippen LogP contribution in [0.1, 0.15) is 13.3 Å². The van der Waals surface area contributed by atoms with Gasteiger partial charge in [-0.05, 0) is 6.42 Å². The average molecular weight is 276 g/mol. The lowest BCUT2D eigenvalue weighted by Gasteiger charge is -2.40. The van der Waals surface area contributed by atoms with E-state index in [1.807, 2.05) is 25.9 Å². The van der Waals surface area contributed by atoms with E-state index in [9.17, 15) is 15.3 Å². The Morgan fingerprint density at radius 2 is 2.06 bits per heavy atom. The van der Waals surface area contributed by atoms with Crippen LogP contribution in [0.4, 0.5) is 0 Å². The third-order valence-electron chi connectivity index (χ3n) is 3.27. The van der Waals surface area contributed by atoms with Crippen molar-refractivity contribution in [3.63, 3.8) is 0 Å². The molecule has 0 aromatic rings. The van der Waals surface area contributed by atoms with Gasteiger partial charge in [0.05, 0.1) is 6.10 Å². The Bertz CT molecular complexity index is 339. The fourth-order valence-corrected chi connectivity index (χ4v) is 3.29. The minimum atomic E-state index is -1.10. The van der Waals surface area contributed by atoms with Crippen LogP contribution < -0.4 is 0 Å². The molecule has 0 bridgehead atoms. The number of hydrogen-bond donors (Lipinski definition) is 3. The normalized spacial score (nSPS) is 41.2. The van der Waals surface area contributed by atoms with Crippen LogP contribution >= 0.6 is 11.8 Å². The first-order valence-corrected chi connectivity index (χ1v) is 6.95. The minimum absolute atomic E-state index is 0.341. The second kappa shape index (κ2) is 5.34. The maximum Gasteiger partial charge on any atom is 0.161 e. The molecule has 0 saturated carbocycles. The fourth-order valence-electron chi connectivity index (χ4n) is 2.14. The van der Waals surface area contributed by atoms with Crippen LogP contribution in [0.2, 0.25) is 0 Å². The molecule has 2 aliphatic heterocycles. The zero-order valence-corrected chi connectivity index (χ0v) is 11.5. The highest BCUT2D eigenvalue weighted by Gasteiger charge is 2.50. The maximum absolute atomic E-state index is 10.1. The molecule has 6 nitrogen and oxygen atoms in total. The second-order valence-electron chi connectivity index (χ2n) is 4.84. The number of nitrogens with zero attached hydrogens (tertiary/aromatic N) is 2. The van der Waals surface area contributed by atoms with Gasteiger partial charge in [-0.15, -0.1) is 0 Å². The van der Waals surface area contributed by atoms with Crippen LogP contribution in [0, 0.1) is 0 Å². The van der Waals surface area contributed by atoms with E-state index in [0.29, 0.717) is 6.42 Å². The molecule has 104 valence electrons. The molecule has 2 heterocycles. The van der Waals surface area contributed by atoms with Crippen molar-refractivity contribution in [3.05, 3.63) is 0 Å². The average Bonchev–Trinajstić information content (AvgIpc) is 2.77. The second-order valence-corrected chi connectivity index (χ2v) is 5.91. The van der Waals surface area contributed by atoms with E-state index in [-0.39, 0.29) is 5.44 Å². The van der Waals surface area contributed by atoms with Crippen molar-refractivity contribution < 1.29 is 20.1 Å². The summed E-state index contributed by atoms with van der Waals surface area (Å²) in [6.45, 7) is 1.81. The highest BCUT2D eigenvalue weighted by atomic mass is 32.2. The smallest absolute Gasteiger partial charge is 0.161 e. The highest BCUT2D eigenvalue weighted by Crippen LogP contribution is 2.37. The van der Waals surface area contributed by atoms with Gasteiger partial charge in [0.2, 0.25) is 0 Å². The third-order valence-corrected chi connectivity index (χ3v) is 4.57. The Labute approximate surface area is 111 Å². The van der Waals surface area contributed by atoms with Crippen LogP contribution in [0.25, 0.3) is 0 Å². The van der Waals surface area contributed by atoms with E-state index in [2.05, 4.69) is 4.99 Å². The first-order chi connectivity index (χ1) is 8.45. The lowest BCUT2D eigenvalue weighted by Crippen LogP contribution is -2.58. The number of amidine groups is 1. The molecule has 1 saturated heterocycles. The SMILES string of the molecule is CC[C@H](O)C1O[C@@H]2SC(N(C)C)=N[C@@H]2[C@@H](O)[C@@H]1O. The zero-order chi connectivity index (χ0) is 13.4. The summed E-state index contributed by atoms with van der Waals surface area (Å²) in [5.41, 5.74) is -0.341. The monoisotopic (exact) mass is 276 g/mol. The van der Waals surface area contributed by atoms with Gasteiger partial charge in [-0.3, -0.25) is 4.99 Å². The summed E-state index contributed by atoms with van der Waals surface area (Å²) in [7, 11) is 3.73. The quantitative estimate of drug-likeness (QED) is 0.614. The van der Waals surface area contributed by atoms with Crippen LogP contribution in [-0.2, 0) is 4.74 Å². The van der Waals surface area contributed by atoms with Crippen LogP contribution in [0.5, 0.6) is 0 Å². The Hall–Kier alpha value is -0.340. The summed E-state index contributed by atoms with van der Waals surface area (Å²) >= 11 is 1.41. The summed E-state index contributed by atoms with van der Waals surface area (Å²) in [5, 5.41) is 30.6. The van der Waals surface area contributed by atoms with Crippen LogP contribution in [0.3, 0.4) is 0 Å². The molecule has 18 heavy (non-hydrogen) atoms. The molecular weight excluding hydrogens is 256 g/mol. The lowest BCUT2D eigenvalue weighted by atomic mass is 9.94. The van der Waals surface area contributed by atoms with Crippen molar-refractivity contribution >= 4 is 16.9 Å². The molecule has 0 amide bonds. The van der Waals surface area contributed by atoms with Crippen LogP contribution in [-0.4, -0.2) is 75.4 Å². The van der Waals surface area contributed by atoms with E-state index >= 15 is 0 Å².